The number of nitrogens with one attached hydrogen (secondary N) is 1. The van der Waals surface area contributed by atoms with Crippen molar-refractivity contribution in [2.45, 2.75) is 40.2 Å². The molecule has 0 aliphatic heterocycles. The quantitative estimate of drug-likeness (QED) is 0.587. The lowest BCUT2D eigenvalue weighted by atomic mass is 9.73. The van der Waals surface area contributed by atoms with Crippen molar-refractivity contribution >= 4 is 11.7 Å². The van der Waals surface area contributed by atoms with Gasteiger partial charge in [-0.15, -0.1) is 0 Å². The zero-order chi connectivity index (χ0) is 24.5. The number of Topliss-reactive ketones (excluding diaryl/α,β-unsaturated/α-hetero) is 1. The lowest BCUT2D eigenvalue weighted by molar-refractivity contribution is 0.0908. The van der Waals surface area contributed by atoms with E-state index >= 15 is 0 Å². The van der Waals surface area contributed by atoms with Crippen LogP contribution in [0.3, 0.4) is 0 Å². The molecule has 7 heteroatoms. The lowest BCUT2D eigenvalue weighted by Crippen LogP contribution is -2.38. The first kappa shape index (κ1) is 23.4. The van der Waals surface area contributed by atoms with Gasteiger partial charge in [0.05, 0.1) is 6.61 Å². The molecule has 176 valence electrons. The van der Waals surface area contributed by atoms with E-state index in [0.717, 1.165) is 11.3 Å². The van der Waals surface area contributed by atoms with Crippen LogP contribution in [0.25, 0.3) is 5.69 Å². The number of hydrogen-bond acceptors (Lipinski definition) is 4. The Morgan fingerprint density at radius 1 is 1.06 bits per heavy atom. The van der Waals surface area contributed by atoms with Gasteiger partial charge >= 0.3 is 0 Å². The summed E-state index contributed by atoms with van der Waals surface area (Å²) in [5.74, 6) is -0.377. The molecule has 0 spiro atoms. The van der Waals surface area contributed by atoms with Gasteiger partial charge in [0.25, 0.3) is 11.5 Å². The van der Waals surface area contributed by atoms with E-state index in [1.807, 2.05) is 45.0 Å². The Morgan fingerprint density at radius 3 is 2.38 bits per heavy atom. The molecule has 0 saturated carbocycles. The largest absolute Gasteiger partial charge is 0.494 e. The van der Waals surface area contributed by atoms with Gasteiger partial charge in [-0.2, -0.15) is 0 Å². The van der Waals surface area contributed by atoms with E-state index < -0.39 is 17.3 Å². The summed E-state index contributed by atoms with van der Waals surface area (Å²) < 4.78 is 20.1. The van der Waals surface area contributed by atoms with Crippen molar-refractivity contribution < 1.29 is 18.7 Å². The van der Waals surface area contributed by atoms with Gasteiger partial charge in [-0.1, -0.05) is 26.0 Å². The fourth-order valence-corrected chi connectivity index (χ4v) is 4.31. The van der Waals surface area contributed by atoms with Gasteiger partial charge in [0.15, 0.2) is 5.78 Å². The van der Waals surface area contributed by atoms with Crippen LogP contribution in [0.4, 0.5) is 4.39 Å². The molecule has 0 fully saturated rings. The molecule has 1 N–H and O–H groups in total. The number of carbonyl (C=O) groups excluding carboxylic acids is 2. The molecule has 0 unspecified atom stereocenters. The van der Waals surface area contributed by atoms with E-state index in [1.54, 1.807) is 0 Å². The first-order valence-corrected chi connectivity index (χ1v) is 11.3. The molecule has 0 saturated heterocycles. The van der Waals surface area contributed by atoms with Crippen LogP contribution in [0.2, 0.25) is 0 Å². The number of aromatic nitrogens is 1. The third kappa shape index (κ3) is 4.78. The zero-order valence-corrected chi connectivity index (χ0v) is 19.5. The number of ether oxygens (including phenoxy) is 1. The van der Waals surface area contributed by atoms with Crippen LogP contribution in [0, 0.1) is 11.2 Å². The molecule has 0 atom stereocenters. The van der Waals surface area contributed by atoms with Crippen molar-refractivity contribution in [2.24, 2.45) is 5.41 Å². The minimum Gasteiger partial charge on any atom is -0.494 e. The second-order valence-electron chi connectivity index (χ2n) is 9.25. The van der Waals surface area contributed by atoms with E-state index in [9.17, 15) is 18.8 Å². The molecule has 1 heterocycles. The number of ketones is 1. The molecule has 1 aliphatic carbocycles. The van der Waals surface area contributed by atoms with Gasteiger partial charge in [0, 0.05) is 30.4 Å². The van der Waals surface area contributed by atoms with Crippen molar-refractivity contribution in [3.05, 3.63) is 93.2 Å². The summed E-state index contributed by atoms with van der Waals surface area (Å²) in [6.45, 7) is 6.56. The Kier molecular flexibility index (Phi) is 6.37. The molecule has 1 aliphatic rings. The van der Waals surface area contributed by atoms with Gasteiger partial charge in [0.2, 0.25) is 0 Å². The maximum Gasteiger partial charge on any atom is 0.268 e. The average Bonchev–Trinajstić information content (AvgIpc) is 2.78. The predicted octanol–water partition coefficient (Wildman–Crippen LogP) is 4.46. The Hall–Kier alpha value is -3.74. The molecule has 3 aromatic rings. The number of carbonyl (C=O) groups is 2. The molecule has 1 amide bonds. The number of amides is 1. The first-order valence-electron chi connectivity index (χ1n) is 11.3. The van der Waals surface area contributed by atoms with E-state index in [-0.39, 0.29) is 23.3 Å². The maximum atomic E-state index is 13.5. The molecule has 4 rings (SSSR count). The van der Waals surface area contributed by atoms with Gasteiger partial charge in [-0.25, -0.2) is 4.39 Å². The number of halogens is 1. The second-order valence-corrected chi connectivity index (χ2v) is 9.25. The summed E-state index contributed by atoms with van der Waals surface area (Å²) in [6.07, 6.45) is 2.22. The normalized spacial score (nSPS) is 14.4. The van der Waals surface area contributed by atoms with Gasteiger partial charge in [-0.3, -0.25) is 19.0 Å². The van der Waals surface area contributed by atoms with Crippen LogP contribution in [0.1, 0.15) is 59.0 Å². The number of fused-ring (bicyclic) bond motifs is 1. The van der Waals surface area contributed by atoms with E-state index in [0.29, 0.717) is 36.3 Å². The number of rotatable bonds is 6. The summed E-state index contributed by atoms with van der Waals surface area (Å²) in [4.78, 5) is 39.8. The van der Waals surface area contributed by atoms with Crippen LogP contribution < -0.4 is 15.6 Å². The zero-order valence-electron chi connectivity index (χ0n) is 19.5. The van der Waals surface area contributed by atoms with Gasteiger partial charge in [-0.05, 0) is 66.3 Å². The highest BCUT2D eigenvalue weighted by molar-refractivity contribution is 6.04. The van der Waals surface area contributed by atoms with Crippen LogP contribution in [0.15, 0.2) is 59.5 Å². The molecule has 6 nitrogen and oxygen atoms in total. The van der Waals surface area contributed by atoms with Crippen molar-refractivity contribution in [2.75, 3.05) is 6.61 Å². The molecule has 0 bridgehead atoms. The summed E-state index contributed by atoms with van der Waals surface area (Å²) in [5, 5.41) is 2.82. The van der Waals surface area contributed by atoms with E-state index in [2.05, 4.69) is 5.32 Å². The summed E-state index contributed by atoms with van der Waals surface area (Å²) in [5.41, 5.74) is 1.09. The molecular formula is C27H27FN2O4. The first-order chi connectivity index (χ1) is 16.2. The smallest absolute Gasteiger partial charge is 0.268 e. The van der Waals surface area contributed by atoms with Crippen LogP contribution in [-0.4, -0.2) is 22.9 Å². The summed E-state index contributed by atoms with van der Waals surface area (Å²) in [7, 11) is 0. The van der Waals surface area contributed by atoms with Gasteiger partial charge < -0.3 is 10.1 Å². The molecule has 2 aromatic carbocycles. The SMILES string of the molecule is CCOc1ccc(CNC(=O)c2c3c(cn(-c4ccc(F)cc4)c2=O)C(=O)CC(C)(C)C3)cc1. The monoisotopic (exact) mass is 462 g/mol. The van der Waals surface area contributed by atoms with Crippen molar-refractivity contribution in [3.63, 3.8) is 0 Å². The molecular weight excluding hydrogens is 435 g/mol. The average molecular weight is 463 g/mol. The third-order valence-corrected chi connectivity index (χ3v) is 5.93. The van der Waals surface area contributed by atoms with E-state index in [1.165, 1.54) is 35.0 Å². The minimum atomic E-state index is -0.544. The standard InChI is InChI=1S/C27H27FN2O4/c1-4-34-20-11-5-17(6-12-20)15-29-25(32)24-21-13-27(2,3)14-23(31)22(21)16-30(26(24)33)19-9-7-18(28)8-10-19/h5-12,16H,4,13-15H2,1-3H3,(H,29,32). The van der Waals surface area contributed by atoms with Crippen molar-refractivity contribution in [1.29, 1.82) is 0 Å². The molecule has 1 aromatic heterocycles. The maximum absolute atomic E-state index is 13.5. The number of hydrogen-bond donors (Lipinski definition) is 1. The summed E-state index contributed by atoms with van der Waals surface area (Å²) >= 11 is 0. The van der Waals surface area contributed by atoms with Gasteiger partial charge in [0.1, 0.15) is 17.1 Å². The fourth-order valence-electron chi connectivity index (χ4n) is 4.31. The van der Waals surface area contributed by atoms with E-state index in [4.69, 9.17) is 4.74 Å². The Labute approximate surface area is 197 Å². The third-order valence-electron chi connectivity index (χ3n) is 5.93. The highest BCUT2D eigenvalue weighted by Gasteiger charge is 2.35. The highest BCUT2D eigenvalue weighted by atomic mass is 19.1. The summed E-state index contributed by atoms with van der Waals surface area (Å²) in [6, 6.07) is 12.7. The highest BCUT2D eigenvalue weighted by Crippen LogP contribution is 2.35. The number of benzene rings is 2. The number of pyridine rings is 1. The second kappa shape index (κ2) is 9.25. The molecule has 34 heavy (non-hydrogen) atoms. The minimum absolute atomic E-state index is 0.0473. The fraction of sp³-hybridized carbons (Fsp3) is 0.296. The number of nitrogens with zero attached hydrogens (tertiary/aromatic N) is 1. The van der Waals surface area contributed by atoms with Crippen molar-refractivity contribution in [1.82, 2.24) is 9.88 Å². The Balaban J connectivity index is 1.73. The van der Waals surface area contributed by atoms with Crippen LogP contribution >= 0.6 is 0 Å². The molecule has 0 radical (unpaired) electrons. The predicted molar refractivity (Wildman–Crippen MR) is 127 cm³/mol. The Morgan fingerprint density at radius 2 is 1.74 bits per heavy atom. The Bertz CT molecular complexity index is 1290. The van der Waals surface area contributed by atoms with Crippen LogP contribution in [0.5, 0.6) is 5.75 Å². The van der Waals surface area contributed by atoms with Crippen LogP contribution in [-0.2, 0) is 13.0 Å². The topological polar surface area (TPSA) is 77.4 Å². The lowest BCUT2D eigenvalue weighted by Gasteiger charge is -2.31. The van der Waals surface area contributed by atoms with Crippen molar-refractivity contribution in [3.8, 4) is 11.4 Å².